The molecule has 0 fully saturated rings. The van der Waals surface area contributed by atoms with Crippen LogP contribution in [-0.2, 0) is 6.42 Å². The fourth-order valence-corrected chi connectivity index (χ4v) is 2.64. The highest BCUT2D eigenvalue weighted by molar-refractivity contribution is 5.64. The van der Waals surface area contributed by atoms with E-state index in [4.69, 9.17) is 10.5 Å². The first-order valence-corrected chi connectivity index (χ1v) is 5.94. The summed E-state index contributed by atoms with van der Waals surface area (Å²) >= 11 is 0. The summed E-state index contributed by atoms with van der Waals surface area (Å²) in [5.74, 6) is 1.01. The van der Waals surface area contributed by atoms with Gasteiger partial charge in [0.1, 0.15) is 5.75 Å². The number of ether oxygens (including phenoxy) is 1. The molecule has 2 N–H and O–H groups in total. The zero-order chi connectivity index (χ0) is 11.5. The molecule has 1 aromatic rings. The van der Waals surface area contributed by atoms with Crippen molar-refractivity contribution >= 4 is 5.69 Å². The van der Waals surface area contributed by atoms with Crippen molar-refractivity contribution in [2.45, 2.75) is 25.8 Å². The Hall–Kier alpha value is -1.22. The Morgan fingerprint density at radius 1 is 1.50 bits per heavy atom. The van der Waals surface area contributed by atoms with E-state index in [-0.39, 0.29) is 0 Å². The number of hydrogen-bond donors (Lipinski definition) is 1. The van der Waals surface area contributed by atoms with Gasteiger partial charge in [-0.1, -0.05) is 6.07 Å². The molecule has 3 nitrogen and oxygen atoms in total. The van der Waals surface area contributed by atoms with Gasteiger partial charge in [0.25, 0.3) is 0 Å². The third kappa shape index (κ3) is 1.76. The molecule has 0 aromatic heterocycles. The Balaban J connectivity index is 2.33. The molecule has 88 valence electrons. The summed E-state index contributed by atoms with van der Waals surface area (Å²) < 4.78 is 5.42. The number of hydrogen-bond acceptors (Lipinski definition) is 3. The summed E-state index contributed by atoms with van der Waals surface area (Å²) in [6, 6.07) is 6.82. The number of nitrogens with two attached hydrogens (primary N) is 1. The normalized spacial score (nSPS) is 18.7. The largest absolute Gasteiger partial charge is 0.496 e. The van der Waals surface area contributed by atoms with Gasteiger partial charge in [-0.3, -0.25) is 0 Å². The van der Waals surface area contributed by atoms with E-state index in [1.54, 1.807) is 7.11 Å². The molecule has 0 spiro atoms. The van der Waals surface area contributed by atoms with Gasteiger partial charge < -0.3 is 15.4 Å². The quantitative estimate of drug-likeness (QED) is 0.841. The van der Waals surface area contributed by atoms with Crippen LogP contribution in [0.25, 0.3) is 0 Å². The highest BCUT2D eigenvalue weighted by Crippen LogP contribution is 2.38. The number of fused-ring (bicyclic) bond motifs is 1. The number of anilines is 1. The molecule has 0 amide bonds. The molecular weight excluding hydrogens is 200 g/mol. The zero-order valence-electron chi connectivity index (χ0n) is 10.1. The third-order valence-corrected chi connectivity index (χ3v) is 3.36. The highest BCUT2D eigenvalue weighted by Gasteiger charge is 2.29. The molecule has 1 aliphatic heterocycles. The van der Waals surface area contributed by atoms with Gasteiger partial charge in [-0.15, -0.1) is 0 Å². The number of rotatable bonds is 4. The standard InChI is InChI=1S/C13H20N2O/c1-3-15-10(7-8-14)9-11-12(15)5-4-6-13(11)16-2/h4-6,10H,3,7-9,14H2,1-2H3. The third-order valence-electron chi connectivity index (χ3n) is 3.36. The molecule has 0 radical (unpaired) electrons. The van der Waals surface area contributed by atoms with E-state index in [1.807, 2.05) is 6.07 Å². The summed E-state index contributed by atoms with van der Waals surface area (Å²) in [6.07, 6.45) is 2.11. The number of benzene rings is 1. The molecule has 0 aliphatic carbocycles. The second kappa shape index (κ2) is 4.74. The Morgan fingerprint density at radius 2 is 2.31 bits per heavy atom. The lowest BCUT2D eigenvalue weighted by molar-refractivity contribution is 0.410. The van der Waals surface area contributed by atoms with Gasteiger partial charge >= 0.3 is 0 Å². The maximum absolute atomic E-state index is 5.67. The van der Waals surface area contributed by atoms with Gasteiger partial charge in [0, 0.05) is 23.8 Å². The lowest BCUT2D eigenvalue weighted by Gasteiger charge is -2.25. The molecule has 1 aromatic carbocycles. The molecule has 1 unspecified atom stereocenters. The number of likely N-dealkylation sites (N-methyl/N-ethyl adjacent to an activating group) is 1. The van der Waals surface area contributed by atoms with Gasteiger partial charge in [-0.05, 0) is 38.4 Å². The first-order chi connectivity index (χ1) is 7.81. The van der Waals surface area contributed by atoms with E-state index in [1.165, 1.54) is 11.3 Å². The number of nitrogens with zero attached hydrogens (tertiary/aromatic N) is 1. The van der Waals surface area contributed by atoms with E-state index in [0.717, 1.165) is 31.7 Å². The van der Waals surface area contributed by atoms with Crippen LogP contribution in [0.15, 0.2) is 18.2 Å². The Bertz CT molecular complexity index is 365. The average molecular weight is 220 g/mol. The van der Waals surface area contributed by atoms with Crippen molar-refractivity contribution in [3.63, 3.8) is 0 Å². The van der Waals surface area contributed by atoms with Gasteiger partial charge in [0.2, 0.25) is 0 Å². The Morgan fingerprint density at radius 3 is 2.94 bits per heavy atom. The average Bonchev–Trinajstić information content (AvgIpc) is 2.66. The van der Waals surface area contributed by atoms with Crippen molar-refractivity contribution in [2.24, 2.45) is 5.73 Å². The monoisotopic (exact) mass is 220 g/mol. The van der Waals surface area contributed by atoms with Crippen molar-refractivity contribution in [2.75, 3.05) is 25.1 Å². The highest BCUT2D eigenvalue weighted by atomic mass is 16.5. The molecule has 0 saturated carbocycles. The van der Waals surface area contributed by atoms with Crippen molar-refractivity contribution in [3.05, 3.63) is 23.8 Å². The molecule has 2 rings (SSSR count). The van der Waals surface area contributed by atoms with Gasteiger partial charge in [-0.2, -0.15) is 0 Å². The molecule has 1 aliphatic rings. The van der Waals surface area contributed by atoms with Crippen LogP contribution in [0.4, 0.5) is 5.69 Å². The topological polar surface area (TPSA) is 38.5 Å². The SMILES string of the molecule is CCN1c2cccc(OC)c2CC1CCN. The second-order valence-electron chi connectivity index (χ2n) is 4.18. The van der Waals surface area contributed by atoms with Crippen LogP contribution >= 0.6 is 0 Å². The lowest BCUT2D eigenvalue weighted by atomic mass is 10.1. The smallest absolute Gasteiger partial charge is 0.124 e. The fourth-order valence-electron chi connectivity index (χ4n) is 2.64. The summed E-state index contributed by atoms with van der Waals surface area (Å²) in [7, 11) is 1.74. The minimum absolute atomic E-state index is 0.543. The van der Waals surface area contributed by atoms with Crippen LogP contribution in [0.2, 0.25) is 0 Å². The van der Waals surface area contributed by atoms with Crippen LogP contribution in [-0.4, -0.2) is 26.2 Å². The predicted octanol–water partition coefficient (Wildman–Crippen LogP) is 1.79. The molecule has 16 heavy (non-hydrogen) atoms. The van der Waals surface area contributed by atoms with Crippen molar-refractivity contribution in [1.82, 2.24) is 0 Å². The van der Waals surface area contributed by atoms with Crippen LogP contribution in [0.1, 0.15) is 18.9 Å². The van der Waals surface area contributed by atoms with Crippen LogP contribution < -0.4 is 15.4 Å². The van der Waals surface area contributed by atoms with Crippen LogP contribution in [0.5, 0.6) is 5.75 Å². The minimum atomic E-state index is 0.543. The maximum atomic E-state index is 5.67. The molecule has 3 heteroatoms. The van der Waals surface area contributed by atoms with E-state index in [0.29, 0.717) is 6.04 Å². The van der Waals surface area contributed by atoms with Crippen LogP contribution in [0.3, 0.4) is 0 Å². The molecule has 0 bridgehead atoms. The molecular formula is C13H20N2O. The Labute approximate surface area is 97.2 Å². The lowest BCUT2D eigenvalue weighted by Crippen LogP contribution is -2.33. The maximum Gasteiger partial charge on any atom is 0.124 e. The van der Waals surface area contributed by atoms with Crippen LogP contribution in [0, 0.1) is 0 Å². The summed E-state index contributed by atoms with van der Waals surface area (Å²) in [5, 5.41) is 0. The van der Waals surface area contributed by atoms with Crippen molar-refractivity contribution in [3.8, 4) is 5.75 Å². The van der Waals surface area contributed by atoms with E-state index < -0.39 is 0 Å². The van der Waals surface area contributed by atoms with E-state index >= 15 is 0 Å². The minimum Gasteiger partial charge on any atom is -0.496 e. The van der Waals surface area contributed by atoms with Gasteiger partial charge in [-0.25, -0.2) is 0 Å². The summed E-state index contributed by atoms with van der Waals surface area (Å²) in [6.45, 7) is 3.97. The van der Waals surface area contributed by atoms with Gasteiger partial charge in [0.15, 0.2) is 0 Å². The first kappa shape index (κ1) is 11.3. The van der Waals surface area contributed by atoms with E-state index in [2.05, 4.69) is 24.0 Å². The predicted molar refractivity (Wildman–Crippen MR) is 67.2 cm³/mol. The first-order valence-electron chi connectivity index (χ1n) is 5.94. The molecule has 1 heterocycles. The van der Waals surface area contributed by atoms with Crippen molar-refractivity contribution < 1.29 is 4.74 Å². The fraction of sp³-hybridized carbons (Fsp3) is 0.538. The molecule has 0 saturated heterocycles. The van der Waals surface area contributed by atoms with Crippen molar-refractivity contribution in [1.29, 1.82) is 0 Å². The van der Waals surface area contributed by atoms with E-state index in [9.17, 15) is 0 Å². The van der Waals surface area contributed by atoms with Gasteiger partial charge in [0.05, 0.1) is 7.11 Å². The molecule has 1 atom stereocenters. The second-order valence-corrected chi connectivity index (χ2v) is 4.18. The Kier molecular flexibility index (Phi) is 3.34. The number of methoxy groups -OCH3 is 1. The summed E-state index contributed by atoms with van der Waals surface area (Å²) in [5.41, 5.74) is 8.33. The summed E-state index contributed by atoms with van der Waals surface area (Å²) in [4.78, 5) is 2.44. The zero-order valence-corrected chi connectivity index (χ0v) is 10.1.